The number of benzene rings is 2. The molecular weight excluding hydrogens is 653 g/mol. The summed E-state index contributed by atoms with van der Waals surface area (Å²) in [7, 11) is 0. The summed E-state index contributed by atoms with van der Waals surface area (Å²) >= 11 is 2.13. The molecule has 4 aliphatic rings. The molecule has 2 aliphatic carbocycles. The summed E-state index contributed by atoms with van der Waals surface area (Å²) in [5, 5.41) is 3.66. The number of halogens is 1. The number of rotatable bonds is 3. The Hall–Kier alpha value is -1.41. The second kappa shape index (κ2) is 19.3. The molecule has 2 aromatic carbocycles. The Bertz CT molecular complexity index is 1150. The monoisotopic (exact) mass is 715 g/mol. The number of nitrogens with two attached hydrogens (primary N) is 1. The number of hydrogen-bond donors (Lipinski definition) is 2. The van der Waals surface area contributed by atoms with Gasteiger partial charge in [0.25, 0.3) is 0 Å². The smallest absolute Gasteiger partial charge is 0.110 e. The molecule has 0 saturated heterocycles. The standard InChI is InChI=1S/C31H39IN2O.C4H11N.2C2H6/c1-22-7-12-28-25(17-22)5-4-14-31(28)15-13-24-9-8-23-18-29(24)34(21-31)20-26-10-11-27(26)30(35-32)6-2-3-16-33-19-23;1-2-3-4-5;2*1-2/h2,6-9,12,17-18,26-27,30,33H,3-5,10-11,13-16,19-21H2,1H3;2-5H2,1H3;2*1-2H3/b6-2+;;;. The van der Waals surface area contributed by atoms with Gasteiger partial charge in [-0.1, -0.05) is 89.1 Å². The van der Waals surface area contributed by atoms with Crippen molar-refractivity contribution in [2.45, 2.75) is 124 Å². The minimum atomic E-state index is 0.238. The van der Waals surface area contributed by atoms with Crippen molar-refractivity contribution in [3.8, 4) is 0 Å². The molecule has 4 atom stereocenters. The Balaban J connectivity index is 0.000000528. The Labute approximate surface area is 284 Å². The van der Waals surface area contributed by atoms with Crippen molar-refractivity contribution in [3.63, 3.8) is 0 Å². The number of fused-ring (bicyclic) bond motifs is 4. The zero-order valence-corrected chi connectivity index (χ0v) is 30.9. The molecule has 0 amide bonds. The quantitative estimate of drug-likeness (QED) is 0.246. The van der Waals surface area contributed by atoms with E-state index in [9.17, 15) is 0 Å². The van der Waals surface area contributed by atoms with Crippen LogP contribution in [0, 0.1) is 18.8 Å². The van der Waals surface area contributed by atoms with Gasteiger partial charge in [-0.3, -0.25) is 0 Å². The fourth-order valence-electron chi connectivity index (χ4n) is 7.54. The van der Waals surface area contributed by atoms with Crippen LogP contribution in [0.2, 0.25) is 0 Å². The van der Waals surface area contributed by atoms with Gasteiger partial charge in [-0.25, -0.2) is 0 Å². The molecule has 6 rings (SSSR count). The second-order valence-electron chi connectivity index (χ2n) is 12.7. The molecule has 5 heteroatoms. The van der Waals surface area contributed by atoms with Crippen LogP contribution in [0.15, 0.2) is 48.6 Å². The van der Waals surface area contributed by atoms with Crippen molar-refractivity contribution < 1.29 is 3.07 Å². The van der Waals surface area contributed by atoms with Crippen LogP contribution in [0.1, 0.15) is 114 Å². The summed E-state index contributed by atoms with van der Waals surface area (Å²) in [4.78, 5) is 2.82. The molecule has 2 heterocycles. The first kappa shape index (κ1) is 37.1. The number of aryl methyl sites for hydroxylation is 3. The molecule has 3 N–H and O–H groups in total. The summed E-state index contributed by atoms with van der Waals surface area (Å²) in [5.74, 6) is 1.33. The number of nitrogens with one attached hydrogen (secondary N) is 1. The lowest BCUT2D eigenvalue weighted by atomic mass is 9.66. The molecule has 2 aromatic rings. The van der Waals surface area contributed by atoms with E-state index in [4.69, 9.17) is 8.80 Å². The number of nitrogens with zero attached hydrogens (tertiary/aromatic N) is 1. The van der Waals surface area contributed by atoms with Crippen molar-refractivity contribution in [2.24, 2.45) is 17.6 Å². The van der Waals surface area contributed by atoms with Gasteiger partial charge in [0.2, 0.25) is 0 Å². The first-order valence-corrected chi connectivity index (χ1v) is 18.8. The van der Waals surface area contributed by atoms with E-state index in [1.165, 1.54) is 74.6 Å². The second-order valence-corrected chi connectivity index (χ2v) is 13.2. The number of hydrogen-bond acceptors (Lipinski definition) is 4. The van der Waals surface area contributed by atoms with E-state index in [1.54, 1.807) is 16.7 Å². The number of unbranched alkanes of at least 4 members (excludes halogenated alkanes) is 1. The van der Waals surface area contributed by atoms with Crippen molar-refractivity contribution in [2.75, 3.05) is 31.1 Å². The first-order valence-electron chi connectivity index (χ1n) is 17.9. The molecule has 1 spiro atoms. The maximum Gasteiger partial charge on any atom is 0.110 e. The topological polar surface area (TPSA) is 50.5 Å². The fraction of sp³-hybridized carbons (Fsp3) is 0.641. The Kier molecular flexibility index (Phi) is 16.2. The molecular formula is C39H62IN3O. The van der Waals surface area contributed by atoms with E-state index in [2.05, 4.69) is 95.6 Å². The Morgan fingerprint density at radius 3 is 2.52 bits per heavy atom. The largest absolute Gasteiger partial charge is 0.370 e. The lowest BCUT2D eigenvalue weighted by Gasteiger charge is -2.46. The molecule has 0 aromatic heterocycles. The lowest BCUT2D eigenvalue weighted by molar-refractivity contribution is 0.0871. The van der Waals surface area contributed by atoms with Crippen molar-refractivity contribution in [1.29, 1.82) is 0 Å². The van der Waals surface area contributed by atoms with Crippen LogP contribution in [0.5, 0.6) is 0 Å². The lowest BCUT2D eigenvalue weighted by Crippen LogP contribution is -2.48. The van der Waals surface area contributed by atoms with E-state index >= 15 is 0 Å². The maximum absolute atomic E-state index is 5.97. The van der Waals surface area contributed by atoms with E-state index in [1.807, 2.05) is 27.7 Å². The summed E-state index contributed by atoms with van der Waals surface area (Å²) < 4.78 is 5.97. The zero-order valence-electron chi connectivity index (χ0n) is 28.8. The Morgan fingerprint density at radius 1 is 1.02 bits per heavy atom. The van der Waals surface area contributed by atoms with E-state index < -0.39 is 0 Å². The molecule has 4 nitrogen and oxygen atoms in total. The predicted octanol–water partition coefficient (Wildman–Crippen LogP) is 9.63. The Morgan fingerprint density at radius 2 is 1.84 bits per heavy atom. The average Bonchev–Trinajstić information content (AvgIpc) is 3.19. The molecule has 1 fully saturated rings. The first-order chi connectivity index (χ1) is 21.6. The van der Waals surface area contributed by atoms with Crippen LogP contribution in [0.3, 0.4) is 0 Å². The third-order valence-electron chi connectivity index (χ3n) is 9.95. The summed E-state index contributed by atoms with van der Waals surface area (Å²) in [6, 6.07) is 14.6. The molecule has 4 unspecified atom stereocenters. The van der Waals surface area contributed by atoms with Gasteiger partial charge in [0.15, 0.2) is 0 Å². The van der Waals surface area contributed by atoms with Gasteiger partial charge in [0.1, 0.15) is 23.0 Å². The predicted molar refractivity (Wildman–Crippen MR) is 200 cm³/mol. The molecule has 0 radical (unpaired) electrons. The van der Waals surface area contributed by atoms with E-state index in [0.717, 1.165) is 39.1 Å². The van der Waals surface area contributed by atoms with Gasteiger partial charge in [0.05, 0.1) is 6.10 Å². The highest BCUT2D eigenvalue weighted by atomic mass is 127. The van der Waals surface area contributed by atoms with Crippen molar-refractivity contribution in [1.82, 2.24) is 5.32 Å². The van der Waals surface area contributed by atoms with Gasteiger partial charge in [0, 0.05) is 30.7 Å². The fourth-order valence-corrected chi connectivity index (χ4v) is 8.09. The SMILES string of the molecule is CC.CC.CCCCN.Cc1ccc2c(c1)CCCC21CCc2ccc3cc2N(CC2CCC2C(OI)/C=C/CCNC3)C1. The normalized spacial score (nSPS) is 26.3. The van der Waals surface area contributed by atoms with Gasteiger partial charge >= 0.3 is 0 Å². The van der Waals surface area contributed by atoms with E-state index in [-0.39, 0.29) is 11.5 Å². The van der Waals surface area contributed by atoms with Crippen LogP contribution in [-0.4, -0.2) is 32.3 Å². The molecule has 246 valence electrons. The summed E-state index contributed by atoms with van der Waals surface area (Å²) in [6.45, 7) is 17.5. The third kappa shape index (κ3) is 9.33. The maximum atomic E-state index is 5.97. The summed E-state index contributed by atoms with van der Waals surface area (Å²) in [5.41, 5.74) is 14.5. The molecule has 1 saturated carbocycles. The molecule has 2 aliphatic heterocycles. The van der Waals surface area contributed by atoms with Crippen LogP contribution < -0.4 is 16.0 Å². The van der Waals surface area contributed by atoms with Gasteiger partial charge in [-0.2, -0.15) is 0 Å². The van der Waals surface area contributed by atoms with Crippen LogP contribution >= 0.6 is 23.0 Å². The average molecular weight is 716 g/mol. The minimum Gasteiger partial charge on any atom is -0.370 e. The zero-order chi connectivity index (χ0) is 32.0. The number of anilines is 1. The molecule has 2 bridgehead atoms. The highest BCUT2D eigenvalue weighted by Crippen LogP contribution is 2.47. The van der Waals surface area contributed by atoms with Gasteiger partial charge in [-0.15, -0.1) is 0 Å². The van der Waals surface area contributed by atoms with E-state index in [0.29, 0.717) is 11.8 Å². The van der Waals surface area contributed by atoms with Crippen LogP contribution in [0.25, 0.3) is 0 Å². The van der Waals surface area contributed by atoms with Crippen LogP contribution in [-0.2, 0) is 27.9 Å². The van der Waals surface area contributed by atoms with Crippen molar-refractivity contribution in [3.05, 3.63) is 76.4 Å². The summed E-state index contributed by atoms with van der Waals surface area (Å²) in [6.07, 6.45) is 17.3. The highest BCUT2D eigenvalue weighted by molar-refractivity contribution is 14.1. The minimum absolute atomic E-state index is 0.238. The van der Waals surface area contributed by atoms with Crippen LogP contribution in [0.4, 0.5) is 5.69 Å². The van der Waals surface area contributed by atoms with Gasteiger partial charge in [-0.05, 0) is 118 Å². The third-order valence-corrected chi connectivity index (χ3v) is 10.5. The van der Waals surface area contributed by atoms with Crippen molar-refractivity contribution >= 4 is 28.7 Å². The highest BCUT2D eigenvalue weighted by Gasteiger charge is 2.43. The molecule has 44 heavy (non-hydrogen) atoms. The van der Waals surface area contributed by atoms with Gasteiger partial charge < -0.3 is 19.0 Å².